The Balaban J connectivity index is 1.57. The fourth-order valence-electron chi connectivity index (χ4n) is 4.00. The third kappa shape index (κ3) is 4.58. The van der Waals surface area contributed by atoms with E-state index < -0.39 is 0 Å². The Hall–Kier alpha value is -1.47. The van der Waals surface area contributed by atoms with Crippen LogP contribution in [0.1, 0.15) is 62.5 Å². The molecule has 0 radical (unpaired) electrons. The van der Waals surface area contributed by atoms with Crippen molar-refractivity contribution in [1.29, 1.82) is 0 Å². The van der Waals surface area contributed by atoms with Gasteiger partial charge in [0.2, 0.25) is 5.91 Å². The summed E-state index contributed by atoms with van der Waals surface area (Å²) in [6, 6.07) is 0. The number of likely N-dealkylation sites (tertiary alicyclic amines) is 2. The standard InChI is InChI=1S/C18H31N5O2/c1-21-16(14-22-9-4-2-3-5-10-22)19-20-18(21)15-6-11-23(12-7-15)17(25)8-13-24/h15,24H,2-14H2,1H3. The molecule has 0 unspecified atom stereocenters. The third-order valence-electron chi connectivity index (χ3n) is 5.60. The molecule has 3 heterocycles. The van der Waals surface area contributed by atoms with Crippen LogP contribution in [0.2, 0.25) is 0 Å². The quantitative estimate of drug-likeness (QED) is 0.867. The Morgan fingerprint density at radius 1 is 1.08 bits per heavy atom. The number of hydrogen-bond donors (Lipinski definition) is 1. The molecule has 0 spiro atoms. The lowest BCUT2D eigenvalue weighted by Crippen LogP contribution is -2.38. The molecule has 140 valence electrons. The van der Waals surface area contributed by atoms with Gasteiger partial charge in [0, 0.05) is 32.5 Å². The molecule has 2 fully saturated rings. The van der Waals surface area contributed by atoms with Crippen molar-refractivity contribution in [3.05, 3.63) is 11.6 Å². The number of nitrogens with zero attached hydrogens (tertiary/aromatic N) is 5. The summed E-state index contributed by atoms with van der Waals surface area (Å²) >= 11 is 0. The van der Waals surface area contributed by atoms with Crippen LogP contribution in [0.3, 0.4) is 0 Å². The molecule has 3 rings (SSSR count). The zero-order valence-electron chi connectivity index (χ0n) is 15.4. The SMILES string of the molecule is Cn1c(CN2CCCCCC2)nnc1C1CCN(C(=O)CCO)CC1. The van der Waals surface area contributed by atoms with Crippen LogP contribution >= 0.6 is 0 Å². The Morgan fingerprint density at radius 2 is 1.76 bits per heavy atom. The van der Waals surface area contributed by atoms with Crippen LogP contribution in [-0.4, -0.2) is 68.4 Å². The molecule has 1 N–H and O–H groups in total. The van der Waals surface area contributed by atoms with Gasteiger partial charge in [-0.1, -0.05) is 12.8 Å². The Kier molecular flexibility index (Phi) is 6.42. The van der Waals surface area contributed by atoms with Crippen molar-refractivity contribution in [2.24, 2.45) is 7.05 Å². The number of piperidine rings is 1. The molecular weight excluding hydrogens is 318 g/mol. The summed E-state index contributed by atoms with van der Waals surface area (Å²) in [6.07, 6.45) is 7.33. The van der Waals surface area contributed by atoms with E-state index in [0.717, 1.165) is 57.2 Å². The van der Waals surface area contributed by atoms with Gasteiger partial charge in [-0.3, -0.25) is 9.69 Å². The van der Waals surface area contributed by atoms with Gasteiger partial charge in [0.25, 0.3) is 0 Å². The van der Waals surface area contributed by atoms with Crippen LogP contribution in [0.4, 0.5) is 0 Å². The van der Waals surface area contributed by atoms with E-state index in [-0.39, 0.29) is 18.9 Å². The number of aliphatic hydroxyl groups is 1. The number of hydrogen-bond acceptors (Lipinski definition) is 5. The number of rotatable bonds is 5. The van der Waals surface area contributed by atoms with Crippen LogP contribution in [0.5, 0.6) is 0 Å². The first-order chi connectivity index (χ1) is 12.2. The molecular formula is C18H31N5O2. The average Bonchev–Trinajstić information content (AvgIpc) is 2.83. The second-order valence-electron chi connectivity index (χ2n) is 7.35. The van der Waals surface area contributed by atoms with Crippen molar-refractivity contribution in [2.75, 3.05) is 32.8 Å². The number of amides is 1. The van der Waals surface area contributed by atoms with Crippen molar-refractivity contribution < 1.29 is 9.90 Å². The summed E-state index contributed by atoms with van der Waals surface area (Å²) in [4.78, 5) is 16.2. The van der Waals surface area contributed by atoms with Gasteiger partial charge in [0.15, 0.2) is 0 Å². The lowest BCUT2D eigenvalue weighted by atomic mass is 9.95. The minimum Gasteiger partial charge on any atom is -0.396 e. The van der Waals surface area contributed by atoms with Crippen LogP contribution in [0.15, 0.2) is 0 Å². The van der Waals surface area contributed by atoms with Crippen molar-refractivity contribution in [1.82, 2.24) is 24.6 Å². The number of aromatic nitrogens is 3. The fourth-order valence-corrected chi connectivity index (χ4v) is 4.00. The molecule has 1 aromatic rings. The second kappa shape index (κ2) is 8.76. The molecule has 0 aromatic carbocycles. The lowest BCUT2D eigenvalue weighted by molar-refractivity contribution is -0.132. The van der Waals surface area contributed by atoms with Gasteiger partial charge in [-0.05, 0) is 38.8 Å². The van der Waals surface area contributed by atoms with Crippen LogP contribution in [0, 0.1) is 0 Å². The molecule has 1 amide bonds. The molecule has 7 heteroatoms. The lowest BCUT2D eigenvalue weighted by Gasteiger charge is -2.31. The highest BCUT2D eigenvalue weighted by Crippen LogP contribution is 2.27. The smallest absolute Gasteiger partial charge is 0.224 e. The maximum atomic E-state index is 11.9. The van der Waals surface area contributed by atoms with Gasteiger partial charge in [-0.25, -0.2) is 0 Å². The number of carbonyl (C=O) groups is 1. The molecule has 2 aliphatic heterocycles. The van der Waals surface area contributed by atoms with E-state index in [0.29, 0.717) is 5.92 Å². The molecule has 0 aliphatic carbocycles. The van der Waals surface area contributed by atoms with Crippen molar-refractivity contribution in [2.45, 2.75) is 57.4 Å². The molecule has 1 aromatic heterocycles. The fraction of sp³-hybridized carbons (Fsp3) is 0.833. The Labute approximate surface area is 150 Å². The maximum absolute atomic E-state index is 11.9. The molecule has 0 saturated carbocycles. The van der Waals surface area contributed by atoms with E-state index in [2.05, 4.69) is 26.7 Å². The summed E-state index contributed by atoms with van der Waals surface area (Å²) in [6.45, 7) is 4.63. The summed E-state index contributed by atoms with van der Waals surface area (Å²) in [5.41, 5.74) is 0. The monoisotopic (exact) mass is 349 g/mol. The summed E-state index contributed by atoms with van der Waals surface area (Å²) in [7, 11) is 2.08. The first-order valence-corrected chi connectivity index (χ1v) is 9.68. The van der Waals surface area contributed by atoms with Crippen LogP contribution < -0.4 is 0 Å². The molecule has 0 bridgehead atoms. The highest BCUT2D eigenvalue weighted by molar-refractivity contribution is 5.76. The van der Waals surface area contributed by atoms with Gasteiger partial charge < -0.3 is 14.6 Å². The predicted molar refractivity (Wildman–Crippen MR) is 95.0 cm³/mol. The maximum Gasteiger partial charge on any atom is 0.224 e. The minimum absolute atomic E-state index is 0.0563. The topological polar surface area (TPSA) is 74.5 Å². The first kappa shape index (κ1) is 18.3. The minimum atomic E-state index is -0.0676. The molecule has 7 nitrogen and oxygen atoms in total. The van der Waals surface area contributed by atoms with E-state index in [9.17, 15) is 4.79 Å². The van der Waals surface area contributed by atoms with Crippen LogP contribution in [0.25, 0.3) is 0 Å². The largest absolute Gasteiger partial charge is 0.396 e. The van der Waals surface area contributed by atoms with E-state index in [4.69, 9.17) is 5.11 Å². The Bertz CT molecular complexity index is 558. The third-order valence-corrected chi connectivity index (χ3v) is 5.60. The van der Waals surface area contributed by atoms with Crippen molar-refractivity contribution in [3.63, 3.8) is 0 Å². The van der Waals surface area contributed by atoms with Gasteiger partial charge >= 0.3 is 0 Å². The summed E-state index contributed by atoms with van der Waals surface area (Å²) in [5.74, 6) is 2.53. The predicted octanol–water partition coefficient (Wildman–Crippen LogP) is 1.28. The van der Waals surface area contributed by atoms with Crippen molar-refractivity contribution >= 4 is 5.91 Å². The molecule has 25 heavy (non-hydrogen) atoms. The zero-order valence-corrected chi connectivity index (χ0v) is 15.4. The van der Waals surface area contributed by atoms with E-state index >= 15 is 0 Å². The average molecular weight is 349 g/mol. The number of aliphatic hydroxyl groups excluding tert-OH is 1. The second-order valence-corrected chi connectivity index (χ2v) is 7.35. The molecule has 2 saturated heterocycles. The van der Waals surface area contributed by atoms with E-state index in [1.54, 1.807) is 0 Å². The first-order valence-electron chi connectivity index (χ1n) is 9.68. The number of carbonyl (C=O) groups excluding carboxylic acids is 1. The summed E-state index contributed by atoms with van der Waals surface area (Å²) < 4.78 is 2.17. The van der Waals surface area contributed by atoms with E-state index in [1.165, 1.54) is 25.7 Å². The zero-order chi connectivity index (χ0) is 17.6. The summed E-state index contributed by atoms with van der Waals surface area (Å²) in [5, 5.41) is 17.8. The molecule has 2 aliphatic rings. The van der Waals surface area contributed by atoms with Gasteiger partial charge in [-0.2, -0.15) is 0 Å². The van der Waals surface area contributed by atoms with Crippen LogP contribution in [-0.2, 0) is 18.4 Å². The van der Waals surface area contributed by atoms with Crippen molar-refractivity contribution in [3.8, 4) is 0 Å². The van der Waals surface area contributed by atoms with Gasteiger partial charge in [-0.15, -0.1) is 10.2 Å². The Morgan fingerprint density at radius 3 is 2.40 bits per heavy atom. The van der Waals surface area contributed by atoms with Gasteiger partial charge in [0.1, 0.15) is 11.6 Å². The highest BCUT2D eigenvalue weighted by Gasteiger charge is 2.27. The molecule has 0 atom stereocenters. The normalized spacial score (nSPS) is 20.6. The highest BCUT2D eigenvalue weighted by atomic mass is 16.3. The van der Waals surface area contributed by atoms with E-state index in [1.807, 2.05) is 4.90 Å². The van der Waals surface area contributed by atoms with Gasteiger partial charge in [0.05, 0.1) is 13.2 Å².